The molecular weight excluding hydrogens is 678 g/mol. The number of ether oxygens (including phenoxy) is 6. The molecule has 21 atom stereocenters. The lowest BCUT2D eigenvalue weighted by atomic mass is 9.83. The summed E-state index contributed by atoms with van der Waals surface area (Å²) in [5.41, 5.74) is 35.2. The predicted molar refractivity (Wildman–Crippen MR) is 163 cm³/mol. The monoisotopic (exact) mass is 731 g/mol. The number of carbonyl (C=O) groups excluding carboxylic acids is 1. The first kappa shape index (κ1) is 41.4. The fourth-order valence-corrected chi connectivity index (χ4v) is 6.42. The number of aliphatic hydroxyl groups excluding tert-OH is 9. The second kappa shape index (κ2) is 17.6. The molecule has 0 spiro atoms. The Hall–Kier alpha value is -1.37. The van der Waals surface area contributed by atoms with Crippen molar-refractivity contribution in [1.82, 2.24) is 5.32 Å². The Labute approximate surface area is 286 Å². The molecule has 4 fully saturated rings. The van der Waals surface area contributed by atoms with Crippen LogP contribution in [0.15, 0.2) is 0 Å². The van der Waals surface area contributed by atoms with Crippen LogP contribution in [0, 0.1) is 0 Å². The van der Waals surface area contributed by atoms with Gasteiger partial charge in [-0.15, -0.1) is 0 Å². The molecule has 1 amide bonds. The number of hydrogen-bond acceptors (Lipinski definition) is 22. The summed E-state index contributed by atoms with van der Waals surface area (Å²) in [6.07, 6.45) is -25.9. The summed E-state index contributed by atoms with van der Waals surface area (Å²) in [5, 5.41) is 96.7. The van der Waals surface area contributed by atoms with Gasteiger partial charge in [-0.25, -0.2) is 0 Å². The van der Waals surface area contributed by atoms with Gasteiger partial charge in [0.1, 0.15) is 79.4 Å². The van der Waals surface area contributed by atoms with Crippen molar-refractivity contribution >= 4 is 5.91 Å². The van der Waals surface area contributed by atoms with Crippen molar-refractivity contribution in [3.8, 4) is 0 Å². The Balaban J connectivity index is 1.58. The van der Waals surface area contributed by atoms with E-state index in [1.807, 2.05) is 0 Å². The van der Waals surface area contributed by atoms with Crippen LogP contribution in [0.4, 0.5) is 0 Å². The molecule has 4 rings (SSSR count). The van der Waals surface area contributed by atoms with Crippen molar-refractivity contribution in [1.29, 1.82) is 0 Å². The van der Waals surface area contributed by atoms with Gasteiger partial charge in [-0.05, 0) is 6.42 Å². The van der Waals surface area contributed by atoms with Gasteiger partial charge < -0.3 is 114 Å². The lowest BCUT2D eigenvalue weighted by molar-refractivity contribution is -0.307. The van der Waals surface area contributed by atoms with E-state index in [-0.39, 0.29) is 19.5 Å². The Morgan fingerprint density at radius 3 is 1.64 bits per heavy atom. The van der Waals surface area contributed by atoms with Gasteiger partial charge in [-0.1, -0.05) is 0 Å². The number of aliphatic hydroxyl groups is 9. The van der Waals surface area contributed by atoms with E-state index in [4.69, 9.17) is 62.8 Å². The number of amides is 1. The topological polar surface area (TPSA) is 423 Å². The molecule has 2 unspecified atom stereocenters. The van der Waals surface area contributed by atoms with Crippen LogP contribution in [-0.2, 0) is 33.2 Å². The Bertz CT molecular complexity index is 1090. The maximum absolute atomic E-state index is 12.7. The van der Waals surface area contributed by atoms with Gasteiger partial charge in [-0.2, -0.15) is 0 Å². The summed E-state index contributed by atoms with van der Waals surface area (Å²) in [6.45, 7) is -1.66. The molecule has 1 aliphatic carbocycles. The van der Waals surface area contributed by atoms with Crippen LogP contribution in [0.2, 0.25) is 0 Å². The maximum Gasteiger partial charge on any atom is 0.251 e. The van der Waals surface area contributed by atoms with Gasteiger partial charge in [0.05, 0.1) is 24.7 Å². The van der Waals surface area contributed by atoms with E-state index in [1.54, 1.807) is 0 Å². The average molecular weight is 732 g/mol. The average Bonchev–Trinajstić information content (AvgIpc) is 3.40. The van der Waals surface area contributed by atoms with Crippen LogP contribution in [0.1, 0.15) is 6.42 Å². The molecule has 3 heterocycles. The van der Waals surface area contributed by atoms with E-state index < -0.39 is 148 Å². The highest BCUT2D eigenvalue weighted by molar-refractivity contribution is 5.81. The molecule has 0 aromatic carbocycles. The quantitative estimate of drug-likeness (QED) is 0.0836. The van der Waals surface area contributed by atoms with Crippen LogP contribution < -0.4 is 39.7 Å². The molecule has 3 saturated heterocycles. The Morgan fingerprint density at radius 1 is 0.680 bits per heavy atom. The number of rotatable bonds is 13. The zero-order valence-corrected chi connectivity index (χ0v) is 27.0. The number of nitrogens with two attached hydrogens (primary N) is 6. The molecule has 0 aromatic heterocycles. The van der Waals surface area contributed by atoms with Crippen molar-refractivity contribution in [2.45, 2.75) is 135 Å². The maximum atomic E-state index is 12.7. The Morgan fingerprint density at radius 2 is 1.16 bits per heavy atom. The molecule has 50 heavy (non-hydrogen) atoms. The molecule has 23 nitrogen and oxygen atoms in total. The van der Waals surface area contributed by atoms with E-state index in [1.165, 1.54) is 0 Å². The highest BCUT2D eigenvalue weighted by Gasteiger charge is 2.55. The number of nitrogens with one attached hydrogen (secondary N) is 1. The van der Waals surface area contributed by atoms with E-state index in [2.05, 4.69) is 5.32 Å². The standard InChI is InChI=1S/C27H53N7O16/c28-2-8(36)15(38)24(44)34-7-1-6(31)21(48-25-12(32)18(41)16(39)9(3-29)45-25)23(14(7)37)50-27-20(43)22(11(5-35)47-27)49-26-13(33)19(42)17(40)10(4-30)46-26/h6-23,25-27,35-43H,1-5,28-33H2,(H,34,44)/t6-,7+,8+,9+,10-,11+,12+,13+,14-,15-,16+,17+,18-,19+,20+,21+,22+,23?,25?,26+,27-/m0/s1. The molecule has 0 radical (unpaired) electrons. The van der Waals surface area contributed by atoms with Crippen LogP contribution in [0.3, 0.4) is 0 Å². The molecule has 1 saturated carbocycles. The first-order chi connectivity index (χ1) is 23.6. The number of hydrogen-bond donors (Lipinski definition) is 16. The first-order valence-corrected chi connectivity index (χ1v) is 16.2. The number of carbonyl (C=O) groups is 1. The largest absolute Gasteiger partial charge is 0.394 e. The van der Waals surface area contributed by atoms with Crippen molar-refractivity contribution in [2.24, 2.45) is 34.4 Å². The lowest BCUT2D eigenvalue weighted by Crippen LogP contribution is -2.69. The van der Waals surface area contributed by atoms with Gasteiger partial charge in [0.25, 0.3) is 5.91 Å². The molecule has 4 aliphatic rings. The summed E-state index contributed by atoms with van der Waals surface area (Å²) in [7, 11) is 0. The van der Waals surface area contributed by atoms with E-state index >= 15 is 0 Å². The van der Waals surface area contributed by atoms with Gasteiger partial charge in [0, 0.05) is 25.7 Å². The summed E-state index contributed by atoms with van der Waals surface area (Å²) in [5.74, 6) is -1.10. The second-order valence-corrected chi connectivity index (χ2v) is 12.9. The van der Waals surface area contributed by atoms with Crippen molar-refractivity contribution in [3.63, 3.8) is 0 Å². The lowest BCUT2D eigenvalue weighted by Gasteiger charge is -2.48. The summed E-state index contributed by atoms with van der Waals surface area (Å²) >= 11 is 0. The normalized spacial score (nSPS) is 48.3. The van der Waals surface area contributed by atoms with Crippen LogP contribution >= 0.6 is 0 Å². The van der Waals surface area contributed by atoms with Crippen LogP contribution in [-0.4, -0.2) is 207 Å². The van der Waals surface area contributed by atoms with Crippen molar-refractivity contribution < 1.29 is 79.2 Å². The van der Waals surface area contributed by atoms with E-state index in [9.17, 15) is 50.8 Å². The fraction of sp³-hybridized carbons (Fsp3) is 0.963. The van der Waals surface area contributed by atoms with Gasteiger partial charge in [-0.3, -0.25) is 4.79 Å². The highest BCUT2D eigenvalue weighted by Crippen LogP contribution is 2.34. The smallest absolute Gasteiger partial charge is 0.251 e. The molecule has 23 heteroatoms. The zero-order chi connectivity index (χ0) is 37.2. The van der Waals surface area contributed by atoms with Crippen molar-refractivity contribution in [3.05, 3.63) is 0 Å². The predicted octanol–water partition coefficient (Wildman–Crippen LogP) is -11.1. The molecule has 292 valence electrons. The van der Waals surface area contributed by atoms with Gasteiger partial charge in [0.15, 0.2) is 25.0 Å². The SMILES string of the molecule is NC[C@@H](O)[C@H](O)C(=O)N[C@@H]1C[C@H](N)[C@@H](OC2O[C@H](CN)[C@@H](O)[C@@H](O)[C@H]2N)C(O[C@@H]2O[C@H](CO)[C@@H](O[C@H]3O[C@@H](CN)[C@@H](O)[C@H](O)[C@H]3N)[C@H]2O)[C@H]1O. The summed E-state index contributed by atoms with van der Waals surface area (Å²) in [4.78, 5) is 12.7. The third-order valence-electron chi connectivity index (χ3n) is 9.53. The van der Waals surface area contributed by atoms with Gasteiger partial charge in [0.2, 0.25) is 0 Å². The summed E-state index contributed by atoms with van der Waals surface area (Å²) in [6, 6.07) is -5.06. The molecular formula is C27H53N7O16. The molecule has 0 aromatic rings. The third kappa shape index (κ3) is 8.54. The van der Waals surface area contributed by atoms with E-state index in [0.717, 1.165) is 0 Å². The van der Waals surface area contributed by atoms with Crippen LogP contribution in [0.5, 0.6) is 0 Å². The minimum absolute atomic E-state index is 0.219. The zero-order valence-electron chi connectivity index (χ0n) is 27.0. The minimum Gasteiger partial charge on any atom is -0.394 e. The van der Waals surface area contributed by atoms with Crippen molar-refractivity contribution in [2.75, 3.05) is 26.2 Å². The third-order valence-corrected chi connectivity index (χ3v) is 9.53. The second-order valence-electron chi connectivity index (χ2n) is 12.9. The highest BCUT2D eigenvalue weighted by atomic mass is 16.8. The molecule has 22 N–H and O–H groups in total. The van der Waals surface area contributed by atoms with Gasteiger partial charge >= 0.3 is 0 Å². The molecule has 0 bridgehead atoms. The van der Waals surface area contributed by atoms with Crippen LogP contribution in [0.25, 0.3) is 0 Å². The molecule has 3 aliphatic heterocycles. The van der Waals surface area contributed by atoms with E-state index in [0.29, 0.717) is 0 Å². The first-order valence-electron chi connectivity index (χ1n) is 16.2. The Kier molecular flexibility index (Phi) is 14.6. The fourth-order valence-electron chi connectivity index (χ4n) is 6.42. The minimum atomic E-state index is -1.97. The summed E-state index contributed by atoms with van der Waals surface area (Å²) < 4.78 is 34.8.